The van der Waals surface area contributed by atoms with Gasteiger partial charge < -0.3 is 9.88 Å². The fourth-order valence-corrected chi connectivity index (χ4v) is 3.65. The van der Waals surface area contributed by atoms with Gasteiger partial charge in [-0.2, -0.15) is 0 Å². The van der Waals surface area contributed by atoms with Crippen LogP contribution in [0, 0.1) is 5.82 Å². The first-order valence-electron chi connectivity index (χ1n) is 9.95. The van der Waals surface area contributed by atoms with Gasteiger partial charge in [-0.15, -0.1) is 0 Å². The van der Waals surface area contributed by atoms with Gasteiger partial charge in [-0.3, -0.25) is 9.78 Å². The third kappa shape index (κ3) is 4.10. The van der Waals surface area contributed by atoms with Crippen LogP contribution in [-0.4, -0.2) is 22.0 Å². The highest BCUT2D eigenvalue weighted by molar-refractivity contribution is 6.07. The van der Waals surface area contributed by atoms with Crippen LogP contribution in [0.2, 0.25) is 0 Å². The molecule has 4 rings (SSSR count). The molecular weight excluding hydrogens is 377 g/mol. The molecule has 5 heteroatoms. The van der Waals surface area contributed by atoms with Gasteiger partial charge in [0, 0.05) is 48.0 Å². The number of carbonyl (C=O) groups is 1. The van der Waals surface area contributed by atoms with Gasteiger partial charge in [0.15, 0.2) is 0 Å². The number of pyridine rings is 1. The molecule has 0 saturated heterocycles. The van der Waals surface area contributed by atoms with Crippen LogP contribution < -0.4 is 5.32 Å². The Morgan fingerprint density at radius 3 is 2.70 bits per heavy atom. The first kappa shape index (κ1) is 19.8. The topological polar surface area (TPSA) is 46.9 Å². The molecule has 2 aromatic carbocycles. The van der Waals surface area contributed by atoms with Crippen LogP contribution in [0.15, 0.2) is 79.3 Å². The normalized spacial score (nSPS) is 11.6. The Morgan fingerprint density at radius 2 is 1.93 bits per heavy atom. The van der Waals surface area contributed by atoms with Gasteiger partial charge in [0.25, 0.3) is 5.91 Å². The standard InChI is InChI=1S/C25H24FN3O/c1-25(2,19-8-6-12-27-14-19)17-28-24(30)22-16-29(23-11-4-3-10-21(22)23)15-18-7-5-9-20(26)13-18/h3-14,16H,15,17H2,1-2H3,(H,28,30). The van der Waals surface area contributed by atoms with Crippen molar-refractivity contribution in [2.24, 2.45) is 0 Å². The highest BCUT2D eigenvalue weighted by atomic mass is 19.1. The number of amides is 1. The van der Waals surface area contributed by atoms with E-state index < -0.39 is 0 Å². The number of hydrogen-bond donors (Lipinski definition) is 1. The molecule has 30 heavy (non-hydrogen) atoms. The van der Waals surface area contributed by atoms with Crippen LogP contribution in [0.4, 0.5) is 4.39 Å². The van der Waals surface area contributed by atoms with Gasteiger partial charge in [-0.1, -0.05) is 50.2 Å². The number of halogens is 1. The molecule has 0 aliphatic rings. The van der Waals surface area contributed by atoms with Gasteiger partial charge in [-0.05, 0) is 35.4 Å². The number of rotatable bonds is 6. The lowest BCUT2D eigenvalue weighted by Gasteiger charge is -2.25. The summed E-state index contributed by atoms with van der Waals surface area (Å²) in [7, 11) is 0. The van der Waals surface area contributed by atoms with Crippen LogP contribution in [0.5, 0.6) is 0 Å². The molecule has 0 aliphatic carbocycles. The maximum absolute atomic E-state index is 13.6. The molecule has 4 nitrogen and oxygen atoms in total. The summed E-state index contributed by atoms with van der Waals surface area (Å²) in [6, 6.07) is 18.2. The minimum Gasteiger partial charge on any atom is -0.351 e. The van der Waals surface area contributed by atoms with Crippen molar-refractivity contribution >= 4 is 16.8 Å². The lowest BCUT2D eigenvalue weighted by molar-refractivity contribution is 0.0947. The lowest BCUT2D eigenvalue weighted by Crippen LogP contribution is -2.36. The Labute approximate surface area is 175 Å². The van der Waals surface area contributed by atoms with Crippen LogP contribution >= 0.6 is 0 Å². The fraction of sp³-hybridized carbons (Fsp3) is 0.200. The number of benzene rings is 2. The van der Waals surface area contributed by atoms with Crippen molar-refractivity contribution in [3.63, 3.8) is 0 Å². The first-order chi connectivity index (χ1) is 14.4. The summed E-state index contributed by atoms with van der Waals surface area (Å²) < 4.78 is 15.6. The molecule has 0 saturated carbocycles. The summed E-state index contributed by atoms with van der Waals surface area (Å²) in [6.45, 7) is 5.14. The predicted octanol–water partition coefficient (Wildman–Crippen LogP) is 4.93. The zero-order valence-corrected chi connectivity index (χ0v) is 17.1. The molecule has 0 fully saturated rings. The van der Waals surface area contributed by atoms with Crippen LogP contribution in [0.1, 0.15) is 35.3 Å². The lowest BCUT2D eigenvalue weighted by atomic mass is 9.85. The third-order valence-electron chi connectivity index (χ3n) is 5.41. The summed E-state index contributed by atoms with van der Waals surface area (Å²) in [4.78, 5) is 17.2. The third-order valence-corrected chi connectivity index (χ3v) is 5.41. The Bertz CT molecular complexity index is 1180. The Kier molecular flexibility index (Phi) is 5.36. The molecule has 152 valence electrons. The van der Waals surface area contributed by atoms with Crippen LogP contribution in [0.25, 0.3) is 10.9 Å². The molecule has 2 aromatic heterocycles. The number of nitrogens with one attached hydrogen (secondary N) is 1. The number of hydrogen-bond acceptors (Lipinski definition) is 2. The highest BCUT2D eigenvalue weighted by Crippen LogP contribution is 2.24. The largest absolute Gasteiger partial charge is 0.351 e. The number of aromatic nitrogens is 2. The summed E-state index contributed by atoms with van der Waals surface area (Å²) in [6.07, 6.45) is 5.42. The van der Waals surface area contributed by atoms with E-state index in [1.54, 1.807) is 12.3 Å². The van der Waals surface area contributed by atoms with Crippen LogP contribution in [0.3, 0.4) is 0 Å². The quantitative estimate of drug-likeness (QED) is 0.498. The molecule has 2 heterocycles. The minimum atomic E-state index is -0.264. The molecule has 0 aliphatic heterocycles. The van der Waals surface area contributed by atoms with E-state index in [9.17, 15) is 9.18 Å². The Morgan fingerprint density at radius 1 is 1.10 bits per heavy atom. The second-order valence-corrected chi connectivity index (χ2v) is 8.13. The number of para-hydroxylation sites is 1. The highest BCUT2D eigenvalue weighted by Gasteiger charge is 2.23. The predicted molar refractivity (Wildman–Crippen MR) is 117 cm³/mol. The summed E-state index contributed by atoms with van der Waals surface area (Å²) >= 11 is 0. The van der Waals surface area contributed by atoms with Gasteiger partial charge >= 0.3 is 0 Å². The smallest absolute Gasteiger partial charge is 0.253 e. The maximum Gasteiger partial charge on any atom is 0.253 e. The second-order valence-electron chi connectivity index (χ2n) is 8.13. The van der Waals surface area contributed by atoms with E-state index in [0.717, 1.165) is 22.0 Å². The number of nitrogens with zero attached hydrogens (tertiary/aromatic N) is 2. The zero-order valence-electron chi connectivity index (χ0n) is 17.1. The van der Waals surface area contributed by atoms with E-state index in [2.05, 4.69) is 24.1 Å². The number of carbonyl (C=O) groups excluding carboxylic acids is 1. The minimum absolute atomic E-state index is 0.124. The van der Waals surface area contributed by atoms with E-state index in [1.165, 1.54) is 12.1 Å². The van der Waals surface area contributed by atoms with Crippen LogP contribution in [-0.2, 0) is 12.0 Å². The van der Waals surface area contributed by atoms with E-state index >= 15 is 0 Å². The van der Waals surface area contributed by atoms with Crippen molar-refractivity contribution in [3.8, 4) is 0 Å². The van der Waals surface area contributed by atoms with Crippen molar-refractivity contribution in [1.82, 2.24) is 14.9 Å². The molecule has 4 aromatic rings. The van der Waals surface area contributed by atoms with E-state index in [0.29, 0.717) is 18.7 Å². The van der Waals surface area contributed by atoms with Crippen molar-refractivity contribution in [2.75, 3.05) is 6.54 Å². The SMILES string of the molecule is CC(C)(CNC(=O)c1cn(Cc2cccc(F)c2)c2ccccc12)c1cccnc1. The fourth-order valence-electron chi connectivity index (χ4n) is 3.65. The van der Waals surface area contributed by atoms with Gasteiger partial charge in [-0.25, -0.2) is 4.39 Å². The van der Waals surface area contributed by atoms with Gasteiger partial charge in [0.05, 0.1) is 5.56 Å². The van der Waals surface area contributed by atoms with E-state index in [-0.39, 0.29) is 17.1 Å². The Balaban J connectivity index is 1.59. The molecule has 0 spiro atoms. The molecule has 0 radical (unpaired) electrons. The van der Waals surface area contributed by atoms with Gasteiger partial charge in [0.1, 0.15) is 5.82 Å². The summed E-state index contributed by atoms with van der Waals surface area (Å²) in [5, 5.41) is 3.96. The van der Waals surface area contributed by atoms with E-state index in [4.69, 9.17) is 0 Å². The molecule has 0 atom stereocenters. The monoisotopic (exact) mass is 401 g/mol. The van der Waals surface area contributed by atoms with Crippen molar-refractivity contribution in [3.05, 3.63) is 102 Å². The van der Waals surface area contributed by atoms with Crippen molar-refractivity contribution in [1.29, 1.82) is 0 Å². The number of fused-ring (bicyclic) bond motifs is 1. The average molecular weight is 401 g/mol. The van der Waals surface area contributed by atoms with Crippen molar-refractivity contribution < 1.29 is 9.18 Å². The molecule has 1 N–H and O–H groups in total. The Hall–Kier alpha value is -3.47. The van der Waals surface area contributed by atoms with Gasteiger partial charge in [0.2, 0.25) is 0 Å². The average Bonchev–Trinajstić information content (AvgIpc) is 3.11. The maximum atomic E-state index is 13.6. The molecule has 1 amide bonds. The molecule has 0 unspecified atom stereocenters. The first-order valence-corrected chi connectivity index (χ1v) is 9.95. The second kappa shape index (κ2) is 8.11. The molecular formula is C25H24FN3O. The molecule has 0 bridgehead atoms. The van der Waals surface area contributed by atoms with E-state index in [1.807, 2.05) is 59.4 Å². The van der Waals surface area contributed by atoms with Crippen molar-refractivity contribution in [2.45, 2.75) is 25.8 Å². The zero-order chi connectivity index (χ0) is 21.1. The summed E-state index contributed by atoms with van der Waals surface area (Å²) in [5.41, 5.74) is 3.23. The summed E-state index contributed by atoms with van der Waals surface area (Å²) in [5.74, 6) is -0.388.